The number of benzene rings is 2. The van der Waals surface area contributed by atoms with E-state index >= 15 is 0 Å². The third-order valence-electron chi connectivity index (χ3n) is 3.16. The predicted octanol–water partition coefficient (Wildman–Crippen LogP) is 4.73. The molecule has 23 heavy (non-hydrogen) atoms. The van der Waals surface area contributed by atoms with E-state index in [4.69, 9.17) is 32.7 Å². The molecule has 0 saturated carbocycles. The summed E-state index contributed by atoms with van der Waals surface area (Å²) in [5.41, 5.74) is 1.97. The average molecular weight is 377 g/mol. The Hall–Kier alpha value is -0.970. The molecule has 0 atom stereocenters. The molecule has 0 heterocycles. The van der Waals surface area contributed by atoms with Crippen LogP contribution >= 0.6 is 35.6 Å². The van der Waals surface area contributed by atoms with Crippen LogP contribution in [0.2, 0.25) is 10.0 Å². The van der Waals surface area contributed by atoms with Gasteiger partial charge in [0.25, 0.3) is 0 Å². The minimum absolute atomic E-state index is 0. The van der Waals surface area contributed by atoms with Gasteiger partial charge < -0.3 is 14.8 Å². The third-order valence-corrected chi connectivity index (χ3v) is 3.77. The van der Waals surface area contributed by atoms with Gasteiger partial charge in [0, 0.05) is 41.4 Å². The fourth-order valence-corrected chi connectivity index (χ4v) is 2.38. The molecular formula is C17H20Cl3NO2. The predicted molar refractivity (Wildman–Crippen MR) is 98.1 cm³/mol. The second-order valence-corrected chi connectivity index (χ2v) is 5.65. The van der Waals surface area contributed by atoms with Crippen molar-refractivity contribution in [2.75, 3.05) is 20.3 Å². The zero-order valence-electron chi connectivity index (χ0n) is 12.9. The van der Waals surface area contributed by atoms with Crippen molar-refractivity contribution in [2.45, 2.75) is 13.2 Å². The summed E-state index contributed by atoms with van der Waals surface area (Å²) in [6, 6.07) is 13.3. The molecule has 2 rings (SSSR count). The molecule has 0 aliphatic heterocycles. The van der Waals surface area contributed by atoms with Crippen LogP contribution in [-0.4, -0.2) is 20.3 Å². The van der Waals surface area contributed by atoms with E-state index in [9.17, 15) is 0 Å². The second-order valence-electron chi connectivity index (χ2n) is 4.80. The lowest BCUT2D eigenvalue weighted by Crippen LogP contribution is -2.19. The Morgan fingerprint density at radius 3 is 2.57 bits per heavy atom. The van der Waals surface area contributed by atoms with Gasteiger partial charge in [-0.15, -0.1) is 12.4 Å². The van der Waals surface area contributed by atoms with Gasteiger partial charge in [0.1, 0.15) is 12.4 Å². The summed E-state index contributed by atoms with van der Waals surface area (Å²) in [5, 5.41) is 4.68. The quantitative estimate of drug-likeness (QED) is 0.676. The fraction of sp³-hybridized carbons (Fsp3) is 0.294. The van der Waals surface area contributed by atoms with Gasteiger partial charge in [0.05, 0.1) is 6.61 Å². The minimum atomic E-state index is 0. The molecule has 0 radical (unpaired) electrons. The number of methoxy groups -OCH3 is 1. The summed E-state index contributed by atoms with van der Waals surface area (Å²) in [6.07, 6.45) is 0. The highest BCUT2D eigenvalue weighted by Gasteiger charge is 2.06. The van der Waals surface area contributed by atoms with Crippen molar-refractivity contribution in [1.29, 1.82) is 0 Å². The zero-order valence-corrected chi connectivity index (χ0v) is 15.2. The van der Waals surface area contributed by atoms with Crippen LogP contribution in [0, 0.1) is 0 Å². The molecule has 0 bridgehead atoms. The molecule has 126 valence electrons. The second kappa shape index (κ2) is 10.7. The largest absolute Gasteiger partial charge is 0.489 e. The third kappa shape index (κ3) is 6.58. The SMILES string of the molecule is COCCNCc1cc(Cl)ccc1OCc1ccccc1Cl.Cl. The highest BCUT2D eigenvalue weighted by Crippen LogP contribution is 2.25. The van der Waals surface area contributed by atoms with Crippen LogP contribution in [0.15, 0.2) is 42.5 Å². The maximum Gasteiger partial charge on any atom is 0.124 e. The smallest absolute Gasteiger partial charge is 0.124 e. The normalized spacial score (nSPS) is 10.2. The Kier molecular flexibility index (Phi) is 9.37. The zero-order chi connectivity index (χ0) is 15.8. The van der Waals surface area contributed by atoms with Crippen molar-refractivity contribution in [3.63, 3.8) is 0 Å². The number of nitrogens with one attached hydrogen (secondary N) is 1. The van der Waals surface area contributed by atoms with Gasteiger partial charge >= 0.3 is 0 Å². The summed E-state index contributed by atoms with van der Waals surface area (Å²) in [6.45, 7) is 2.53. The van der Waals surface area contributed by atoms with E-state index in [2.05, 4.69) is 5.32 Å². The Morgan fingerprint density at radius 1 is 1.04 bits per heavy atom. The first-order valence-corrected chi connectivity index (χ1v) is 7.80. The summed E-state index contributed by atoms with van der Waals surface area (Å²) in [4.78, 5) is 0. The van der Waals surface area contributed by atoms with Gasteiger partial charge in [-0.3, -0.25) is 0 Å². The van der Waals surface area contributed by atoms with Crippen LogP contribution in [-0.2, 0) is 17.9 Å². The first kappa shape index (κ1) is 20.1. The molecule has 0 amide bonds. The van der Waals surface area contributed by atoms with Crippen LogP contribution in [0.5, 0.6) is 5.75 Å². The number of rotatable bonds is 8. The van der Waals surface area contributed by atoms with E-state index in [1.807, 2.05) is 42.5 Å². The molecule has 2 aromatic carbocycles. The fourth-order valence-electron chi connectivity index (χ4n) is 2.00. The number of hydrogen-bond acceptors (Lipinski definition) is 3. The van der Waals surface area contributed by atoms with Gasteiger partial charge in [0.15, 0.2) is 0 Å². The maximum atomic E-state index is 6.15. The van der Waals surface area contributed by atoms with E-state index in [-0.39, 0.29) is 12.4 Å². The molecule has 0 fully saturated rings. The Morgan fingerprint density at radius 2 is 1.83 bits per heavy atom. The summed E-state index contributed by atoms with van der Waals surface area (Å²) in [5.74, 6) is 0.800. The van der Waals surface area contributed by atoms with Gasteiger partial charge in [0.2, 0.25) is 0 Å². The lowest BCUT2D eigenvalue weighted by Gasteiger charge is -2.13. The van der Waals surface area contributed by atoms with Gasteiger partial charge in [-0.05, 0) is 24.3 Å². The van der Waals surface area contributed by atoms with Gasteiger partial charge in [-0.1, -0.05) is 41.4 Å². The maximum absolute atomic E-state index is 6.15. The average Bonchev–Trinajstić information content (AvgIpc) is 2.52. The molecule has 0 unspecified atom stereocenters. The summed E-state index contributed by atoms with van der Waals surface area (Å²) >= 11 is 12.2. The van der Waals surface area contributed by atoms with E-state index in [1.165, 1.54) is 0 Å². The van der Waals surface area contributed by atoms with Crippen molar-refractivity contribution < 1.29 is 9.47 Å². The van der Waals surface area contributed by atoms with Crippen LogP contribution < -0.4 is 10.1 Å². The molecule has 6 heteroatoms. The van der Waals surface area contributed by atoms with Crippen molar-refractivity contribution in [3.8, 4) is 5.75 Å². The Bertz CT molecular complexity index is 608. The number of halogens is 3. The van der Waals surface area contributed by atoms with E-state index < -0.39 is 0 Å². The molecule has 3 nitrogen and oxygen atoms in total. The molecule has 0 spiro atoms. The topological polar surface area (TPSA) is 30.5 Å². The highest BCUT2D eigenvalue weighted by atomic mass is 35.5. The van der Waals surface area contributed by atoms with Crippen LogP contribution in [0.3, 0.4) is 0 Å². The molecule has 0 aromatic heterocycles. The first-order valence-electron chi connectivity index (χ1n) is 7.05. The molecule has 1 N–H and O–H groups in total. The standard InChI is InChI=1S/C17H19Cl2NO2.ClH/c1-21-9-8-20-11-14-10-15(18)6-7-17(14)22-12-13-4-2-3-5-16(13)19;/h2-7,10,20H,8-9,11-12H2,1H3;1H. The van der Waals surface area contributed by atoms with Crippen LogP contribution in [0.1, 0.15) is 11.1 Å². The van der Waals surface area contributed by atoms with E-state index in [0.717, 1.165) is 23.4 Å². The lowest BCUT2D eigenvalue weighted by atomic mass is 10.2. The van der Waals surface area contributed by atoms with Crippen molar-refractivity contribution in [1.82, 2.24) is 5.32 Å². The lowest BCUT2D eigenvalue weighted by molar-refractivity contribution is 0.199. The molecule has 0 saturated heterocycles. The summed E-state index contributed by atoms with van der Waals surface area (Å²) in [7, 11) is 1.68. The first-order chi connectivity index (χ1) is 10.7. The molecule has 0 aliphatic rings. The number of hydrogen-bond donors (Lipinski definition) is 1. The Labute approximate surface area is 153 Å². The van der Waals surface area contributed by atoms with E-state index in [0.29, 0.717) is 29.8 Å². The monoisotopic (exact) mass is 375 g/mol. The molecule has 0 aliphatic carbocycles. The van der Waals surface area contributed by atoms with Crippen molar-refractivity contribution >= 4 is 35.6 Å². The Balaban J connectivity index is 0.00000264. The minimum Gasteiger partial charge on any atom is -0.489 e. The van der Waals surface area contributed by atoms with Crippen molar-refractivity contribution in [3.05, 3.63) is 63.6 Å². The number of ether oxygens (including phenoxy) is 2. The highest BCUT2D eigenvalue weighted by molar-refractivity contribution is 6.31. The van der Waals surface area contributed by atoms with Crippen LogP contribution in [0.25, 0.3) is 0 Å². The molecular weight excluding hydrogens is 357 g/mol. The van der Waals surface area contributed by atoms with Gasteiger partial charge in [-0.2, -0.15) is 0 Å². The van der Waals surface area contributed by atoms with Crippen LogP contribution in [0.4, 0.5) is 0 Å². The van der Waals surface area contributed by atoms with Gasteiger partial charge in [-0.25, -0.2) is 0 Å². The van der Waals surface area contributed by atoms with E-state index in [1.54, 1.807) is 7.11 Å². The summed E-state index contributed by atoms with van der Waals surface area (Å²) < 4.78 is 10.9. The van der Waals surface area contributed by atoms with Crippen molar-refractivity contribution in [2.24, 2.45) is 0 Å². The molecule has 2 aromatic rings.